The summed E-state index contributed by atoms with van der Waals surface area (Å²) < 4.78 is 32.2. The van der Waals surface area contributed by atoms with E-state index in [0.717, 1.165) is 6.07 Å². The van der Waals surface area contributed by atoms with Gasteiger partial charge in [0.25, 0.3) is 0 Å². The highest BCUT2D eigenvalue weighted by Crippen LogP contribution is 2.33. The van der Waals surface area contributed by atoms with E-state index in [-0.39, 0.29) is 15.1 Å². The van der Waals surface area contributed by atoms with Gasteiger partial charge in [-0.05, 0) is 34.8 Å². The minimum Gasteiger partial charge on any atom is -0.392 e. The molecule has 2 rings (SSSR count). The lowest BCUT2D eigenvalue weighted by Gasteiger charge is -2.34. The minimum absolute atomic E-state index is 0.0462. The molecule has 0 aliphatic carbocycles. The molecule has 0 radical (unpaired) electrons. The number of nitrogens with two attached hydrogens (primary N) is 1. The van der Waals surface area contributed by atoms with Gasteiger partial charge in [-0.1, -0.05) is 12.2 Å². The number of nitrogens with one attached hydrogen (secondary N) is 1. The van der Waals surface area contributed by atoms with Crippen molar-refractivity contribution in [3.05, 3.63) is 28.2 Å². The van der Waals surface area contributed by atoms with Gasteiger partial charge in [0.05, 0.1) is 15.1 Å². The summed E-state index contributed by atoms with van der Waals surface area (Å²) in [5.74, 6) is -2.12. The van der Waals surface area contributed by atoms with Crippen molar-refractivity contribution >= 4 is 44.7 Å². The highest BCUT2D eigenvalue weighted by Gasteiger charge is 2.43. The third-order valence-corrected chi connectivity index (χ3v) is 4.51. The molecule has 0 atom stereocenters. The molecule has 114 valence electrons. The van der Waals surface area contributed by atoms with E-state index in [2.05, 4.69) is 21.2 Å². The molecular formula is C13H13BrF2N2O2S. The summed E-state index contributed by atoms with van der Waals surface area (Å²) in [4.78, 5) is 12.5. The van der Waals surface area contributed by atoms with Crippen molar-refractivity contribution in [3.63, 3.8) is 0 Å². The Hall–Kier alpha value is -1.12. The summed E-state index contributed by atoms with van der Waals surface area (Å²) in [5.41, 5.74) is 4.50. The van der Waals surface area contributed by atoms with Gasteiger partial charge in [0, 0.05) is 19.3 Å². The van der Waals surface area contributed by atoms with Gasteiger partial charge in [0.1, 0.15) is 17.0 Å². The number of ether oxygens (including phenoxy) is 1. The quantitative estimate of drug-likeness (QED) is 0.626. The minimum atomic E-state index is -1.07. The van der Waals surface area contributed by atoms with E-state index in [1.807, 2.05) is 0 Å². The average Bonchev–Trinajstić information content (AvgIpc) is 2.45. The molecule has 3 N–H and O–H groups in total. The molecule has 21 heavy (non-hydrogen) atoms. The van der Waals surface area contributed by atoms with Crippen molar-refractivity contribution < 1.29 is 18.3 Å². The monoisotopic (exact) mass is 378 g/mol. The second-order valence-corrected chi connectivity index (χ2v) is 6.05. The lowest BCUT2D eigenvalue weighted by Crippen LogP contribution is -2.49. The molecule has 1 aliphatic heterocycles. The largest absolute Gasteiger partial charge is 0.392 e. The molecule has 0 aromatic heterocycles. The fourth-order valence-corrected chi connectivity index (χ4v) is 2.81. The SMILES string of the molecule is NC(=S)C1(C(=O)Nc2cc(Br)c(F)cc2F)CCOCC1. The first-order chi connectivity index (χ1) is 9.86. The van der Waals surface area contributed by atoms with Crippen LogP contribution in [0.15, 0.2) is 16.6 Å². The van der Waals surface area contributed by atoms with E-state index < -0.39 is 23.0 Å². The van der Waals surface area contributed by atoms with Crippen LogP contribution in [0.25, 0.3) is 0 Å². The number of halogens is 3. The van der Waals surface area contributed by atoms with Gasteiger partial charge in [-0.3, -0.25) is 4.79 Å². The third kappa shape index (κ3) is 3.22. The van der Waals surface area contributed by atoms with Crippen molar-refractivity contribution in [1.29, 1.82) is 0 Å². The number of hydrogen-bond donors (Lipinski definition) is 2. The van der Waals surface area contributed by atoms with E-state index in [9.17, 15) is 13.6 Å². The van der Waals surface area contributed by atoms with Crippen molar-refractivity contribution in [3.8, 4) is 0 Å². The number of amides is 1. The molecule has 1 aromatic carbocycles. The molecule has 0 unspecified atom stereocenters. The molecule has 1 saturated heterocycles. The van der Waals surface area contributed by atoms with Crippen LogP contribution in [0.1, 0.15) is 12.8 Å². The van der Waals surface area contributed by atoms with Crippen LogP contribution in [0.4, 0.5) is 14.5 Å². The fraction of sp³-hybridized carbons (Fsp3) is 0.385. The Balaban J connectivity index is 2.27. The van der Waals surface area contributed by atoms with Crippen LogP contribution < -0.4 is 11.1 Å². The third-order valence-electron chi connectivity index (χ3n) is 3.51. The Kier molecular flexibility index (Phi) is 4.90. The molecule has 0 spiro atoms. The Labute approximate surface area is 134 Å². The van der Waals surface area contributed by atoms with Gasteiger partial charge in [0.15, 0.2) is 0 Å². The van der Waals surface area contributed by atoms with Gasteiger partial charge in [-0.25, -0.2) is 8.78 Å². The maximum atomic E-state index is 13.7. The molecule has 1 fully saturated rings. The zero-order chi connectivity index (χ0) is 15.6. The second-order valence-electron chi connectivity index (χ2n) is 4.76. The lowest BCUT2D eigenvalue weighted by molar-refractivity contribution is -0.126. The summed E-state index contributed by atoms with van der Waals surface area (Å²) in [5, 5.41) is 2.44. The van der Waals surface area contributed by atoms with Crippen LogP contribution in [0.2, 0.25) is 0 Å². The molecule has 4 nitrogen and oxygen atoms in total. The number of thiocarbonyl (C=S) groups is 1. The summed E-state index contributed by atoms with van der Waals surface area (Å²) in [7, 11) is 0. The molecule has 1 amide bonds. The zero-order valence-electron chi connectivity index (χ0n) is 10.9. The van der Waals surface area contributed by atoms with E-state index in [4.69, 9.17) is 22.7 Å². The van der Waals surface area contributed by atoms with Gasteiger partial charge in [0.2, 0.25) is 5.91 Å². The predicted molar refractivity (Wildman–Crippen MR) is 82.0 cm³/mol. The molecule has 1 aliphatic rings. The van der Waals surface area contributed by atoms with E-state index in [1.54, 1.807) is 0 Å². The molecule has 0 bridgehead atoms. The summed E-state index contributed by atoms with van der Waals surface area (Å²) in [6.07, 6.45) is 0.663. The smallest absolute Gasteiger partial charge is 0.237 e. The van der Waals surface area contributed by atoms with Crippen molar-refractivity contribution in [1.82, 2.24) is 0 Å². The van der Waals surface area contributed by atoms with Crippen LogP contribution in [-0.2, 0) is 9.53 Å². The molecule has 1 heterocycles. The van der Waals surface area contributed by atoms with Gasteiger partial charge in [-0.2, -0.15) is 0 Å². The maximum absolute atomic E-state index is 13.7. The van der Waals surface area contributed by atoms with Crippen LogP contribution in [-0.4, -0.2) is 24.1 Å². The second kappa shape index (κ2) is 6.33. The normalized spacial score (nSPS) is 17.3. The molecule has 8 heteroatoms. The molecule has 1 aromatic rings. The molecule has 0 saturated carbocycles. The number of carbonyl (C=O) groups excluding carboxylic acids is 1. The van der Waals surface area contributed by atoms with Gasteiger partial charge in [-0.15, -0.1) is 0 Å². The van der Waals surface area contributed by atoms with Crippen LogP contribution >= 0.6 is 28.1 Å². The highest BCUT2D eigenvalue weighted by atomic mass is 79.9. The van der Waals surface area contributed by atoms with Crippen LogP contribution in [0.5, 0.6) is 0 Å². The Morgan fingerprint density at radius 3 is 2.52 bits per heavy atom. The number of hydrogen-bond acceptors (Lipinski definition) is 3. The van der Waals surface area contributed by atoms with Gasteiger partial charge < -0.3 is 15.8 Å². The Morgan fingerprint density at radius 1 is 1.33 bits per heavy atom. The van der Waals surface area contributed by atoms with Crippen LogP contribution in [0.3, 0.4) is 0 Å². The predicted octanol–water partition coefficient (Wildman–Crippen LogP) is 2.75. The number of carbonyl (C=O) groups is 1. The summed E-state index contributed by atoms with van der Waals surface area (Å²) in [6, 6.07) is 1.85. The van der Waals surface area contributed by atoms with Crippen LogP contribution in [0, 0.1) is 17.0 Å². The highest BCUT2D eigenvalue weighted by molar-refractivity contribution is 9.10. The number of rotatable bonds is 3. The number of benzene rings is 1. The first-order valence-electron chi connectivity index (χ1n) is 6.20. The first kappa shape index (κ1) is 16.3. The van der Waals surface area contributed by atoms with Gasteiger partial charge >= 0.3 is 0 Å². The average molecular weight is 379 g/mol. The van der Waals surface area contributed by atoms with Crippen molar-refractivity contribution in [2.24, 2.45) is 11.1 Å². The number of anilines is 1. The molecular weight excluding hydrogens is 366 g/mol. The Morgan fingerprint density at radius 2 is 1.95 bits per heavy atom. The lowest BCUT2D eigenvalue weighted by atomic mass is 9.79. The van der Waals surface area contributed by atoms with E-state index >= 15 is 0 Å². The standard InChI is InChI=1S/C13H13BrF2N2O2S/c14-7-5-10(9(16)6-8(7)15)18-12(19)13(11(17)21)1-3-20-4-2-13/h5-6H,1-4H2,(H2,17,21)(H,18,19). The summed E-state index contributed by atoms with van der Waals surface area (Å²) >= 11 is 7.94. The summed E-state index contributed by atoms with van der Waals surface area (Å²) in [6.45, 7) is 0.695. The Bertz CT molecular complexity index is 592. The van der Waals surface area contributed by atoms with Crippen molar-refractivity contribution in [2.75, 3.05) is 18.5 Å². The first-order valence-corrected chi connectivity index (χ1v) is 7.40. The fourth-order valence-electron chi connectivity index (χ4n) is 2.17. The van der Waals surface area contributed by atoms with Crippen molar-refractivity contribution in [2.45, 2.75) is 12.8 Å². The van der Waals surface area contributed by atoms with E-state index in [0.29, 0.717) is 32.1 Å². The van der Waals surface area contributed by atoms with E-state index in [1.165, 1.54) is 0 Å². The maximum Gasteiger partial charge on any atom is 0.237 e. The zero-order valence-corrected chi connectivity index (χ0v) is 13.3. The topological polar surface area (TPSA) is 64.4 Å².